The van der Waals surface area contributed by atoms with Crippen LogP contribution in [0, 0.1) is 20.8 Å². The fourth-order valence-corrected chi connectivity index (χ4v) is 14.9. The molecule has 4 aromatic heterocycles. The number of aromatic nitrogens is 5. The third-order valence-corrected chi connectivity index (χ3v) is 19.6. The van der Waals surface area contributed by atoms with Crippen molar-refractivity contribution in [1.82, 2.24) is 33.3 Å². The molecule has 8 aromatic rings. The summed E-state index contributed by atoms with van der Waals surface area (Å²) >= 11 is 2.50. The zero-order valence-electron chi connectivity index (χ0n) is 47.4. The van der Waals surface area contributed by atoms with Crippen LogP contribution in [0.15, 0.2) is 86.7 Å². The van der Waals surface area contributed by atoms with E-state index in [-0.39, 0.29) is 47.5 Å². The number of fused-ring (bicyclic) bond motifs is 2. The first kappa shape index (κ1) is 60.8. The van der Waals surface area contributed by atoms with Gasteiger partial charge in [0.25, 0.3) is 0 Å². The summed E-state index contributed by atoms with van der Waals surface area (Å²) in [6, 6.07) is 19.9. The Balaban J connectivity index is 1.35. The molecule has 432 valence electrons. The second kappa shape index (κ2) is 25.0. The lowest BCUT2D eigenvalue weighted by atomic mass is 9.91. The second-order valence-electron chi connectivity index (χ2n) is 20.7. The maximum absolute atomic E-state index is 13.9. The summed E-state index contributed by atoms with van der Waals surface area (Å²) in [5, 5.41) is 58.3. The zero-order chi connectivity index (χ0) is 58.7. The second-order valence-corrected chi connectivity index (χ2v) is 26.6. The van der Waals surface area contributed by atoms with Crippen molar-refractivity contribution in [3.05, 3.63) is 111 Å². The summed E-state index contributed by atoms with van der Waals surface area (Å²) in [5.41, 5.74) is 17.6. The van der Waals surface area contributed by atoms with Crippen LogP contribution in [0.5, 0.6) is 0 Å². The molecule has 4 aromatic carbocycles. The van der Waals surface area contributed by atoms with E-state index in [1.165, 1.54) is 45.6 Å². The first-order valence-corrected chi connectivity index (χ1v) is 31.5. The van der Waals surface area contributed by atoms with E-state index in [4.69, 9.17) is 36.0 Å². The normalized spacial score (nSPS) is 12.6. The maximum Gasteiger partial charge on any atom is 0.243 e. The molecule has 0 radical (unpaired) electrons. The lowest BCUT2D eigenvalue weighted by Crippen LogP contribution is -2.35. The highest BCUT2D eigenvalue weighted by Crippen LogP contribution is 2.47. The highest BCUT2D eigenvalue weighted by atomic mass is 32.2. The van der Waals surface area contributed by atoms with Gasteiger partial charge in [0, 0.05) is 37.3 Å². The molecule has 8 rings (SSSR count). The molecule has 81 heavy (non-hydrogen) atoms. The molecule has 7 N–H and O–H groups in total. The van der Waals surface area contributed by atoms with Crippen LogP contribution in [0.25, 0.3) is 25.6 Å². The Hall–Kier alpha value is -6.32. The number of nitrogen functional groups attached to an aromatic ring is 1. The predicted molar refractivity (Wildman–Crippen MR) is 323 cm³/mol. The van der Waals surface area contributed by atoms with Crippen LogP contribution in [0.1, 0.15) is 93.1 Å². The van der Waals surface area contributed by atoms with Gasteiger partial charge in [-0.1, -0.05) is 107 Å². The highest BCUT2D eigenvalue weighted by molar-refractivity contribution is 7.89. The standard InChI is InChI=1S/C57H72N12O8S4/c1-11-37-27-34(5)28-38(12-2)50(37)62-53-49(63-64-54-48(58)52(57(8,9)10)65-69(54)56-60-44-18-16-42(33-46(44)79-56)81(76,77)67(21-25-72)22-26-73)36(7)31-47(61-53)68(51-39(13-3)29-35(6)30-40(51)14-4)55-59-43-17-15-41(32-45(43)78-55)80(74,75)66(19-23-70)20-24-71/h15-18,27-33,70-73H,11-14,19-26,58H2,1-10H3,(H,61,62). The van der Waals surface area contributed by atoms with Gasteiger partial charge in [-0.15, -0.1) is 10.2 Å². The number of nitrogens with two attached hydrogens (primary N) is 1. The molecule has 0 aliphatic heterocycles. The maximum atomic E-state index is 13.9. The first-order valence-electron chi connectivity index (χ1n) is 27.0. The summed E-state index contributed by atoms with van der Waals surface area (Å²) in [6.45, 7) is 18.1. The van der Waals surface area contributed by atoms with Crippen LogP contribution in [-0.4, -0.2) is 123 Å². The van der Waals surface area contributed by atoms with Gasteiger partial charge in [-0.3, -0.25) is 4.90 Å². The third kappa shape index (κ3) is 12.4. The van der Waals surface area contributed by atoms with Crippen LogP contribution in [-0.2, 0) is 51.1 Å². The van der Waals surface area contributed by atoms with Crippen molar-refractivity contribution in [3.63, 3.8) is 0 Å². The highest BCUT2D eigenvalue weighted by Gasteiger charge is 2.31. The van der Waals surface area contributed by atoms with Crippen molar-refractivity contribution < 1.29 is 37.3 Å². The summed E-state index contributed by atoms with van der Waals surface area (Å²) in [7, 11) is -8.19. The van der Waals surface area contributed by atoms with E-state index in [0.29, 0.717) is 85.0 Å². The topological polar surface area (TPSA) is 278 Å². The molecule has 0 atom stereocenters. The van der Waals surface area contributed by atoms with Gasteiger partial charge >= 0.3 is 0 Å². The number of azo groups is 1. The third-order valence-electron chi connectivity index (χ3n) is 13.8. The molecule has 0 spiro atoms. The molecule has 0 aliphatic carbocycles. The summed E-state index contributed by atoms with van der Waals surface area (Å²) in [6.07, 6.45) is 2.78. The van der Waals surface area contributed by atoms with Gasteiger partial charge in [-0.05, 0) is 117 Å². The first-order chi connectivity index (χ1) is 38.6. The molecule has 0 bridgehead atoms. The Kier molecular flexibility index (Phi) is 18.8. The van der Waals surface area contributed by atoms with Gasteiger partial charge in [0.15, 0.2) is 10.9 Å². The summed E-state index contributed by atoms with van der Waals surface area (Å²) in [5.74, 6) is 1.06. The van der Waals surface area contributed by atoms with Gasteiger partial charge in [0.2, 0.25) is 31.0 Å². The van der Waals surface area contributed by atoms with Gasteiger partial charge in [0.1, 0.15) is 17.2 Å². The van der Waals surface area contributed by atoms with E-state index in [1.54, 1.807) is 18.2 Å². The number of aliphatic hydroxyl groups is 4. The number of nitrogens with one attached hydrogen (secondary N) is 1. The number of rotatable bonds is 24. The Morgan fingerprint density at radius 3 is 1.60 bits per heavy atom. The number of anilines is 6. The van der Waals surface area contributed by atoms with Gasteiger partial charge in [0.05, 0.1) is 68.0 Å². The van der Waals surface area contributed by atoms with E-state index in [2.05, 4.69) is 71.1 Å². The van der Waals surface area contributed by atoms with Crippen molar-refractivity contribution >= 4 is 108 Å². The Morgan fingerprint density at radius 2 is 1.12 bits per heavy atom. The van der Waals surface area contributed by atoms with E-state index in [1.807, 2.05) is 38.7 Å². The van der Waals surface area contributed by atoms with Gasteiger partial charge < -0.3 is 31.5 Å². The SMILES string of the molecule is CCc1cc(C)cc(CC)c1Nc1nc(N(c2nc3ccc(S(=O)(=O)N(CCO)CCO)cc3s2)c2c(CC)cc(C)cc2CC)cc(C)c1N=Nc1c(N)c(C(C)(C)C)nn1-c1nc2ccc(S(=O)(=O)N(CCO)CCO)cc2s1. The van der Waals surface area contributed by atoms with Gasteiger partial charge in [-0.2, -0.15) is 18.4 Å². The number of aliphatic hydroxyl groups excluding tert-OH is 4. The Morgan fingerprint density at radius 1 is 0.642 bits per heavy atom. The molecule has 0 unspecified atom stereocenters. The number of nitrogens with zero attached hydrogens (tertiary/aromatic N) is 10. The minimum Gasteiger partial charge on any atom is -0.395 e. The van der Waals surface area contributed by atoms with Crippen LogP contribution >= 0.6 is 22.7 Å². The zero-order valence-corrected chi connectivity index (χ0v) is 50.7. The van der Waals surface area contributed by atoms with Crippen molar-refractivity contribution in [2.45, 2.75) is 110 Å². The van der Waals surface area contributed by atoms with E-state index < -0.39 is 51.9 Å². The molecular formula is C57H72N12O8S4. The molecule has 20 nitrogen and oxygen atoms in total. The lowest BCUT2D eigenvalue weighted by Gasteiger charge is -2.28. The molecule has 0 saturated heterocycles. The summed E-state index contributed by atoms with van der Waals surface area (Å²) in [4.78, 5) is 17.6. The van der Waals surface area contributed by atoms with Crippen molar-refractivity contribution in [2.75, 3.05) is 68.6 Å². The van der Waals surface area contributed by atoms with Crippen LogP contribution < -0.4 is 16.0 Å². The molecule has 0 fully saturated rings. The lowest BCUT2D eigenvalue weighted by molar-refractivity contribution is 0.217. The quantitative estimate of drug-likeness (QED) is 0.0307. The number of benzene rings is 4. The average Bonchev–Trinajstić information content (AvgIpc) is 4.17. The fourth-order valence-electron chi connectivity index (χ4n) is 9.87. The Bertz CT molecular complexity index is 3810. The van der Waals surface area contributed by atoms with E-state index >= 15 is 0 Å². The number of thiazole rings is 2. The predicted octanol–water partition coefficient (Wildman–Crippen LogP) is 10.1. The molecular weight excluding hydrogens is 1110 g/mol. The summed E-state index contributed by atoms with van der Waals surface area (Å²) < 4.78 is 60.0. The molecule has 0 amide bonds. The number of pyridine rings is 1. The van der Waals surface area contributed by atoms with Crippen LogP contribution in [0.2, 0.25) is 0 Å². The van der Waals surface area contributed by atoms with Crippen LogP contribution in [0.3, 0.4) is 0 Å². The van der Waals surface area contributed by atoms with E-state index in [0.717, 1.165) is 53.4 Å². The van der Waals surface area contributed by atoms with Crippen molar-refractivity contribution in [3.8, 4) is 5.13 Å². The van der Waals surface area contributed by atoms with Crippen molar-refractivity contribution in [1.29, 1.82) is 0 Å². The monoisotopic (exact) mass is 1180 g/mol. The largest absolute Gasteiger partial charge is 0.395 e. The van der Waals surface area contributed by atoms with E-state index in [9.17, 15) is 37.3 Å². The molecule has 0 saturated carbocycles. The number of aryl methyl sites for hydroxylation is 7. The number of hydrogen-bond donors (Lipinski definition) is 6. The van der Waals surface area contributed by atoms with Crippen LogP contribution in [0.4, 0.5) is 45.3 Å². The Labute approximate surface area is 481 Å². The molecule has 24 heteroatoms. The minimum atomic E-state index is -4.10. The fraction of sp³-hybridized carbons (Fsp3) is 0.404. The molecule has 4 heterocycles. The molecule has 0 aliphatic rings. The number of hydrogen-bond acceptors (Lipinski definition) is 19. The minimum absolute atomic E-state index is 0.00481. The van der Waals surface area contributed by atoms with Crippen molar-refractivity contribution in [2.24, 2.45) is 10.2 Å². The number of sulfonamides is 2. The average molecular weight is 1180 g/mol. The smallest absolute Gasteiger partial charge is 0.243 e. The van der Waals surface area contributed by atoms with Gasteiger partial charge in [-0.25, -0.2) is 31.8 Å².